The fraction of sp³-hybridized carbons (Fsp3) is 0.533. The smallest absolute Gasteiger partial charge is 0.238 e. The summed E-state index contributed by atoms with van der Waals surface area (Å²) >= 11 is 1.85. The van der Waals surface area contributed by atoms with Crippen LogP contribution in [-0.4, -0.2) is 39.5 Å². The number of hydrogen-bond donors (Lipinski definition) is 3. The minimum Gasteiger partial charge on any atom is -0.357 e. The lowest BCUT2D eigenvalue weighted by Crippen LogP contribution is -2.37. The standard InChI is InChI=1S/C15H26N4O2S2/c1-3-17-15(18-9-4-5-10-22-2)19-12-13-7-6-8-14(11-13)23(16,20)21/h6-8,11H,3-5,9-10,12H2,1-2H3,(H2,16,20,21)(H2,17,18,19). The highest BCUT2D eigenvalue weighted by Crippen LogP contribution is 2.10. The fourth-order valence-corrected chi connectivity index (χ4v) is 2.99. The number of nitrogens with one attached hydrogen (secondary N) is 2. The zero-order valence-electron chi connectivity index (χ0n) is 13.7. The Bertz CT molecular complexity index is 603. The Morgan fingerprint density at radius 1 is 1.30 bits per heavy atom. The summed E-state index contributed by atoms with van der Waals surface area (Å²) in [5.41, 5.74) is 0.802. The van der Waals surface area contributed by atoms with Crippen molar-refractivity contribution in [1.82, 2.24) is 10.6 Å². The molecule has 1 rings (SSSR count). The van der Waals surface area contributed by atoms with Crippen LogP contribution >= 0.6 is 11.8 Å². The van der Waals surface area contributed by atoms with Gasteiger partial charge in [0.2, 0.25) is 10.0 Å². The summed E-state index contributed by atoms with van der Waals surface area (Å²) in [6, 6.07) is 6.55. The third kappa shape index (κ3) is 8.24. The molecule has 0 aliphatic carbocycles. The summed E-state index contributed by atoms with van der Waals surface area (Å²) in [6.07, 6.45) is 4.37. The number of primary sulfonamides is 1. The molecule has 1 aromatic carbocycles. The average Bonchev–Trinajstić information content (AvgIpc) is 2.52. The van der Waals surface area contributed by atoms with Crippen molar-refractivity contribution in [3.63, 3.8) is 0 Å². The summed E-state index contributed by atoms with van der Waals surface area (Å²) in [4.78, 5) is 4.59. The van der Waals surface area contributed by atoms with E-state index in [1.807, 2.05) is 24.8 Å². The lowest BCUT2D eigenvalue weighted by molar-refractivity contribution is 0.597. The van der Waals surface area contributed by atoms with Crippen molar-refractivity contribution in [2.75, 3.05) is 25.1 Å². The molecule has 6 nitrogen and oxygen atoms in total. The molecule has 0 spiro atoms. The van der Waals surface area contributed by atoms with Crippen LogP contribution in [0.15, 0.2) is 34.2 Å². The van der Waals surface area contributed by atoms with Gasteiger partial charge in [0.05, 0.1) is 11.4 Å². The van der Waals surface area contributed by atoms with Gasteiger partial charge in [-0.1, -0.05) is 12.1 Å². The second kappa shape index (κ2) is 10.5. The van der Waals surface area contributed by atoms with Crippen LogP contribution < -0.4 is 15.8 Å². The molecular weight excluding hydrogens is 332 g/mol. The molecule has 130 valence electrons. The largest absolute Gasteiger partial charge is 0.357 e. The van der Waals surface area contributed by atoms with Gasteiger partial charge in [-0.05, 0) is 49.5 Å². The van der Waals surface area contributed by atoms with Gasteiger partial charge >= 0.3 is 0 Å². The molecule has 23 heavy (non-hydrogen) atoms. The lowest BCUT2D eigenvalue weighted by Gasteiger charge is -2.11. The first-order valence-corrected chi connectivity index (χ1v) is 10.5. The number of rotatable bonds is 9. The third-order valence-corrected chi connectivity index (χ3v) is 4.67. The highest BCUT2D eigenvalue weighted by Gasteiger charge is 2.07. The van der Waals surface area contributed by atoms with Gasteiger partial charge in [-0.25, -0.2) is 18.5 Å². The normalized spacial score (nSPS) is 12.2. The van der Waals surface area contributed by atoms with Crippen molar-refractivity contribution in [3.05, 3.63) is 29.8 Å². The SMILES string of the molecule is CCNC(=NCc1cccc(S(N)(=O)=O)c1)NCCCCSC. The summed E-state index contributed by atoms with van der Waals surface area (Å²) in [7, 11) is -3.68. The molecule has 0 saturated heterocycles. The van der Waals surface area contributed by atoms with Gasteiger partial charge in [-0.15, -0.1) is 0 Å². The number of benzene rings is 1. The highest BCUT2D eigenvalue weighted by atomic mass is 32.2. The maximum atomic E-state index is 11.4. The molecule has 1 aromatic rings. The number of nitrogens with two attached hydrogens (primary N) is 1. The molecule has 0 aliphatic heterocycles. The van der Waals surface area contributed by atoms with Crippen LogP contribution in [0.25, 0.3) is 0 Å². The van der Waals surface area contributed by atoms with Gasteiger partial charge in [0, 0.05) is 13.1 Å². The monoisotopic (exact) mass is 358 g/mol. The van der Waals surface area contributed by atoms with Crippen molar-refractivity contribution in [3.8, 4) is 0 Å². The molecule has 0 amide bonds. The van der Waals surface area contributed by atoms with E-state index in [0.29, 0.717) is 6.54 Å². The van der Waals surface area contributed by atoms with Crippen LogP contribution in [0.3, 0.4) is 0 Å². The molecule has 0 unspecified atom stereocenters. The van der Waals surface area contributed by atoms with Gasteiger partial charge in [0.1, 0.15) is 0 Å². The molecule has 0 atom stereocenters. The van der Waals surface area contributed by atoms with Crippen molar-refractivity contribution in [2.24, 2.45) is 10.1 Å². The maximum Gasteiger partial charge on any atom is 0.238 e. The van der Waals surface area contributed by atoms with Gasteiger partial charge in [-0.3, -0.25) is 0 Å². The molecule has 0 fully saturated rings. The quantitative estimate of drug-likeness (QED) is 0.353. The van der Waals surface area contributed by atoms with Crippen molar-refractivity contribution >= 4 is 27.7 Å². The van der Waals surface area contributed by atoms with Crippen LogP contribution in [0.2, 0.25) is 0 Å². The van der Waals surface area contributed by atoms with Crippen LogP contribution in [0.4, 0.5) is 0 Å². The number of unbranched alkanes of at least 4 members (excludes halogenated alkanes) is 1. The fourth-order valence-electron chi connectivity index (χ4n) is 1.91. The van der Waals surface area contributed by atoms with Gasteiger partial charge in [-0.2, -0.15) is 11.8 Å². The number of sulfonamides is 1. The summed E-state index contributed by atoms with van der Waals surface area (Å²) in [6.45, 7) is 4.04. The summed E-state index contributed by atoms with van der Waals surface area (Å²) < 4.78 is 22.7. The first kappa shape index (κ1) is 19.8. The first-order chi connectivity index (χ1) is 11.0. The topological polar surface area (TPSA) is 96.6 Å². The van der Waals surface area contributed by atoms with Crippen LogP contribution in [-0.2, 0) is 16.6 Å². The number of thioether (sulfide) groups is 1. The molecular formula is C15H26N4O2S2. The van der Waals surface area contributed by atoms with Gasteiger partial charge in [0.25, 0.3) is 0 Å². The Morgan fingerprint density at radius 2 is 2.09 bits per heavy atom. The van der Waals surface area contributed by atoms with Crippen molar-refractivity contribution in [2.45, 2.75) is 31.2 Å². The van der Waals surface area contributed by atoms with E-state index < -0.39 is 10.0 Å². The molecule has 0 aromatic heterocycles. The van der Waals surface area contributed by atoms with Gasteiger partial charge < -0.3 is 10.6 Å². The number of nitrogens with zero attached hydrogens (tertiary/aromatic N) is 1. The van der Waals surface area contributed by atoms with Crippen LogP contribution in [0, 0.1) is 0 Å². The molecule has 8 heteroatoms. The maximum absolute atomic E-state index is 11.4. The summed E-state index contributed by atoms with van der Waals surface area (Å²) in [5.74, 6) is 1.90. The average molecular weight is 359 g/mol. The minimum atomic E-state index is -3.68. The number of hydrogen-bond acceptors (Lipinski definition) is 4. The van der Waals surface area contributed by atoms with Crippen LogP contribution in [0.1, 0.15) is 25.3 Å². The second-order valence-electron chi connectivity index (χ2n) is 5.01. The number of guanidine groups is 1. The van der Waals surface area contributed by atoms with E-state index in [0.717, 1.165) is 36.8 Å². The Labute approximate surface area is 143 Å². The van der Waals surface area contributed by atoms with E-state index in [2.05, 4.69) is 21.9 Å². The van der Waals surface area contributed by atoms with E-state index in [4.69, 9.17) is 5.14 Å². The van der Waals surface area contributed by atoms with Gasteiger partial charge in [0.15, 0.2) is 5.96 Å². The van der Waals surface area contributed by atoms with Crippen LogP contribution in [0.5, 0.6) is 0 Å². The number of aliphatic imine (C=N–C) groups is 1. The zero-order chi connectivity index (χ0) is 17.1. The Morgan fingerprint density at radius 3 is 2.74 bits per heavy atom. The molecule has 0 heterocycles. The van der Waals surface area contributed by atoms with Crippen molar-refractivity contribution in [1.29, 1.82) is 0 Å². The Balaban J connectivity index is 2.62. The van der Waals surface area contributed by atoms with E-state index in [1.54, 1.807) is 12.1 Å². The Hall–Kier alpha value is -1.25. The zero-order valence-corrected chi connectivity index (χ0v) is 15.3. The Kier molecular flexibility index (Phi) is 9.05. The van der Waals surface area contributed by atoms with Crippen molar-refractivity contribution < 1.29 is 8.42 Å². The lowest BCUT2D eigenvalue weighted by atomic mass is 10.2. The van der Waals surface area contributed by atoms with E-state index in [1.165, 1.54) is 12.5 Å². The molecule has 4 N–H and O–H groups in total. The third-order valence-electron chi connectivity index (χ3n) is 3.06. The second-order valence-corrected chi connectivity index (χ2v) is 7.56. The molecule has 0 radical (unpaired) electrons. The van der Waals surface area contributed by atoms with E-state index in [9.17, 15) is 8.42 Å². The predicted molar refractivity (Wildman–Crippen MR) is 98.2 cm³/mol. The first-order valence-electron chi connectivity index (χ1n) is 7.60. The highest BCUT2D eigenvalue weighted by molar-refractivity contribution is 7.98. The summed E-state index contributed by atoms with van der Waals surface area (Å²) in [5, 5.41) is 11.6. The molecule has 0 saturated carbocycles. The predicted octanol–water partition coefficient (Wildman–Crippen LogP) is 1.53. The van der Waals surface area contributed by atoms with E-state index in [-0.39, 0.29) is 4.90 Å². The molecule has 0 aliphatic rings. The molecule has 0 bridgehead atoms. The minimum absolute atomic E-state index is 0.111. The van der Waals surface area contributed by atoms with E-state index >= 15 is 0 Å².